The molecule has 1 rings (SSSR count). The summed E-state index contributed by atoms with van der Waals surface area (Å²) in [4.78, 5) is 16.9. The highest BCUT2D eigenvalue weighted by Crippen LogP contribution is 2.25. The van der Waals surface area contributed by atoms with Gasteiger partial charge in [0.1, 0.15) is 0 Å². The minimum Gasteiger partial charge on any atom is -0.481 e. The zero-order valence-electron chi connectivity index (χ0n) is 10.7. The summed E-state index contributed by atoms with van der Waals surface area (Å²) in [6.07, 6.45) is 0.554. The van der Waals surface area contributed by atoms with E-state index in [9.17, 15) is 4.79 Å². The van der Waals surface area contributed by atoms with Crippen LogP contribution in [0.4, 0.5) is 0 Å². The van der Waals surface area contributed by atoms with Gasteiger partial charge in [0.2, 0.25) is 5.89 Å². The van der Waals surface area contributed by atoms with Gasteiger partial charge in [-0.3, -0.25) is 4.79 Å². The monoisotopic (exact) mass is 241 g/mol. The number of hydrogen-bond acceptors (Lipinski definition) is 5. The lowest BCUT2D eigenvalue weighted by Gasteiger charge is -2.19. The van der Waals surface area contributed by atoms with Gasteiger partial charge in [0, 0.05) is 6.42 Å². The summed E-state index contributed by atoms with van der Waals surface area (Å²) in [6, 6.07) is 0. The normalized spacial score (nSPS) is 12.1. The molecule has 0 radical (unpaired) electrons. The smallest absolute Gasteiger partial charge is 0.303 e. The fourth-order valence-corrected chi connectivity index (χ4v) is 1.59. The van der Waals surface area contributed by atoms with E-state index in [0.29, 0.717) is 24.7 Å². The van der Waals surface area contributed by atoms with Gasteiger partial charge in [-0.1, -0.05) is 19.0 Å². The van der Waals surface area contributed by atoms with E-state index in [1.807, 2.05) is 32.8 Å². The highest BCUT2D eigenvalue weighted by molar-refractivity contribution is 5.67. The molecule has 1 heterocycles. The molecule has 6 nitrogen and oxygen atoms in total. The predicted molar refractivity (Wildman–Crippen MR) is 61.4 cm³/mol. The molecule has 0 saturated carbocycles. The maximum atomic E-state index is 10.7. The van der Waals surface area contributed by atoms with Gasteiger partial charge in [-0.25, -0.2) is 0 Å². The fraction of sp³-hybridized carbons (Fsp3) is 0.727. The molecule has 96 valence electrons. The number of nitrogens with zero attached hydrogens (tertiary/aromatic N) is 3. The van der Waals surface area contributed by atoms with Crippen molar-refractivity contribution in [3.8, 4) is 0 Å². The van der Waals surface area contributed by atoms with Crippen molar-refractivity contribution >= 4 is 5.97 Å². The standard InChI is InChI=1S/C11H19N3O3/c1-11(2,6-10(15)16)5-9-12-8(13-17-9)7-14(3)4/h5-7H2,1-4H3,(H,15,16). The van der Waals surface area contributed by atoms with Crippen LogP contribution in [0.15, 0.2) is 4.52 Å². The SMILES string of the molecule is CN(C)Cc1noc(CC(C)(C)CC(=O)O)n1. The number of carboxylic acid groups (broad SMARTS) is 1. The Labute approximate surface area is 101 Å². The first kappa shape index (κ1) is 13.6. The van der Waals surface area contributed by atoms with Crippen LogP contribution in [0.25, 0.3) is 0 Å². The molecule has 0 aliphatic rings. The molecule has 0 aliphatic heterocycles. The van der Waals surface area contributed by atoms with Crippen LogP contribution in [0, 0.1) is 5.41 Å². The maximum absolute atomic E-state index is 10.7. The van der Waals surface area contributed by atoms with Gasteiger partial charge in [-0.2, -0.15) is 4.98 Å². The molecular formula is C11H19N3O3. The Hall–Kier alpha value is -1.43. The molecule has 1 aromatic rings. The van der Waals surface area contributed by atoms with Crippen LogP contribution in [0.2, 0.25) is 0 Å². The zero-order chi connectivity index (χ0) is 13.1. The molecule has 0 bridgehead atoms. The van der Waals surface area contributed by atoms with Crippen molar-refractivity contribution in [3.63, 3.8) is 0 Å². The topological polar surface area (TPSA) is 79.5 Å². The summed E-state index contributed by atoms with van der Waals surface area (Å²) < 4.78 is 5.10. The van der Waals surface area contributed by atoms with Gasteiger partial charge in [0.05, 0.1) is 13.0 Å². The molecule has 1 N–H and O–H groups in total. The lowest BCUT2D eigenvalue weighted by Crippen LogP contribution is -2.20. The molecular weight excluding hydrogens is 222 g/mol. The number of aliphatic carboxylic acids is 1. The van der Waals surface area contributed by atoms with Crippen molar-refractivity contribution in [2.24, 2.45) is 5.41 Å². The Kier molecular flexibility index (Phi) is 4.22. The first-order valence-corrected chi connectivity index (χ1v) is 5.46. The molecule has 0 saturated heterocycles. The molecule has 0 amide bonds. The van der Waals surface area contributed by atoms with Crippen LogP contribution in [0.3, 0.4) is 0 Å². The highest BCUT2D eigenvalue weighted by atomic mass is 16.5. The summed E-state index contributed by atoms with van der Waals surface area (Å²) in [5.41, 5.74) is -0.381. The Morgan fingerprint density at radius 1 is 1.47 bits per heavy atom. The van der Waals surface area contributed by atoms with E-state index in [-0.39, 0.29) is 11.8 Å². The quantitative estimate of drug-likeness (QED) is 0.805. The highest BCUT2D eigenvalue weighted by Gasteiger charge is 2.25. The second-order valence-electron chi connectivity index (χ2n) is 5.25. The van der Waals surface area contributed by atoms with Crippen molar-refractivity contribution in [1.29, 1.82) is 0 Å². The van der Waals surface area contributed by atoms with Crippen LogP contribution in [0.5, 0.6) is 0 Å². The average Bonchev–Trinajstić information content (AvgIpc) is 2.46. The van der Waals surface area contributed by atoms with Gasteiger partial charge in [-0.15, -0.1) is 0 Å². The molecule has 17 heavy (non-hydrogen) atoms. The van der Waals surface area contributed by atoms with Crippen LogP contribution < -0.4 is 0 Å². The van der Waals surface area contributed by atoms with E-state index in [0.717, 1.165) is 0 Å². The second kappa shape index (κ2) is 5.27. The first-order valence-electron chi connectivity index (χ1n) is 5.46. The van der Waals surface area contributed by atoms with Crippen molar-refractivity contribution in [2.75, 3.05) is 14.1 Å². The van der Waals surface area contributed by atoms with E-state index >= 15 is 0 Å². The Bertz CT molecular complexity index is 385. The lowest BCUT2D eigenvalue weighted by atomic mass is 9.86. The lowest BCUT2D eigenvalue weighted by molar-refractivity contribution is -0.139. The third-order valence-corrected chi connectivity index (χ3v) is 2.23. The van der Waals surface area contributed by atoms with E-state index in [4.69, 9.17) is 9.63 Å². The minimum absolute atomic E-state index is 0.0817. The number of aromatic nitrogens is 2. The molecule has 1 aromatic heterocycles. The van der Waals surface area contributed by atoms with Crippen LogP contribution in [-0.2, 0) is 17.8 Å². The summed E-state index contributed by atoms with van der Waals surface area (Å²) in [6.45, 7) is 4.36. The summed E-state index contributed by atoms with van der Waals surface area (Å²) in [5, 5.41) is 12.6. The minimum atomic E-state index is -0.817. The van der Waals surface area contributed by atoms with Crippen molar-refractivity contribution in [1.82, 2.24) is 15.0 Å². The summed E-state index contributed by atoms with van der Waals surface area (Å²) in [7, 11) is 3.84. The maximum Gasteiger partial charge on any atom is 0.303 e. The first-order chi connectivity index (χ1) is 7.78. The molecule has 0 aromatic carbocycles. The van der Waals surface area contributed by atoms with Crippen LogP contribution in [0.1, 0.15) is 32.0 Å². The van der Waals surface area contributed by atoms with Gasteiger partial charge < -0.3 is 14.5 Å². The third kappa shape index (κ3) is 4.95. The number of hydrogen-bond donors (Lipinski definition) is 1. The molecule has 0 spiro atoms. The molecule has 0 fully saturated rings. The van der Waals surface area contributed by atoms with Crippen LogP contribution >= 0.6 is 0 Å². The largest absolute Gasteiger partial charge is 0.481 e. The Morgan fingerprint density at radius 2 is 2.12 bits per heavy atom. The van der Waals surface area contributed by atoms with E-state index in [1.165, 1.54) is 0 Å². The van der Waals surface area contributed by atoms with Gasteiger partial charge in [0.15, 0.2) is 5.82 Å². The molecule has 0 unspecified atom stereocenters. The molecule has 0 aliphatic carbocycles. The van der Waals surface area contributed by atoms with Crippen molar-refractivity contribution < 1.29 is 14.4 Å². The van der Waals surface area contributed by atoms with Gasteiger partial charge >= 0.3 is 5.97 Å². The van der Waals surface area contributed by atoms with E-state index in [2.05, 4.69) is 10.1 Å². The average molecular weight is 241 g/mol. The predicted octanol–water partition coefficient (Wildman–Crippen LogP) is 1.17. The van der Waals surface area contributed by atoms with E-state index < -0.39 is 5.97 Å². The molecule has 0 atom stereocenters. The van der Waals surface area contributed by atoms with Gasteiger partial charge in [0.25, 0.3) is 0 Å². The van der Waals surface area contributed by atoms with Crippen LogP contribution in [-0.4, -0.2) is 40.2 Å². The molecule has 6 heteroatoms. The zero-order valence-corrected chi connectivity index (χ0v) is 10.7. The number of carbonyl (C=O) groups is 1. The second-order valence-corrected chi connectivity index (χ2v) is 5.25. The number of carboxylic acids is 1. The van der Waals surface area contributed by atoms with Gasteiger partial charge in [-0.05, 0) is 19.5 Å². The summed E-state index contributed by atoms with van der Waals surface area (Å²) >= 11 is 0. The van der Waals surface area contributed by atoms with Crippen molar-refractivity contribution in [3.05, 3.63) is 11.7 Å². The Morgan fingerprint density at radius 3 is 2.65 bits per heavy atom. The van der Waals surface area contributed by atoms with E-state index in [1.54, 1.807) is 0 Å². The summed E-state index contributed by atoms with van der Waals surface area (Å²) in [5.74, 6) is 0.298. The Balaban J connectivity index is 2.62. The number of rotatable bonds is 6. The third-order valence-electron chi connectivity index (χ3n) is 2.23. The fourth-order valence-electron chi connectivity index (χ4n) is 1.59. The van der Waals surface area contributed by atoms with Crippen molar-refractivity contribution in [2.45, 2.75) is 33.2 Å².